The van der Waals surface area contributed by atoms with E-state index in [2.05, 4.69) is 5.32 Å². The summed E-state index contributed by atoms with van der Waals surface area (Å²) in [6.45, 7) is 0. The van der Waals surface area contributed by atoms with Gasteiger partial charge in [0.25, 0.3) is 5.69 Å². The van der Waals surface area contributed by atoms with Gasteiger partial charge in [-0.3, -0.25) is 14.9 Å². The molecule has 0 saturated heterocycles. The quantitative estimate of drug-likeness (QED) is 0.384. The molecule has 2 rings (SSSR count). The van der Waals surface area contributed by atoms with Gasteiger partial charge in [0.15, 0.2) is 10.6 Å². The van der Waals surface area contributed by atoms with Crippen LogP contribution < -0.4 is 5.32 Å². The van der Waals surface area contributed by atoms with E-state index >= 15 is 0 Å². The molecule has 108 valence electrons. The van der Waals surface area contributed by atoms with E-state index in [1.807, 2.05) is 6.07 Å². The van der Waals surface area contributed by atoms with Gasteiger partial charge in [0.2, 0.25) is 0 Å². The standard InChI is InChI=1S/C14H10Cl2N2O3/c15-14(16)13(19)9-6-7-11(12(8-9)18(20)21)17-10-4-2-1-3-5-10/h1-8,14,17H. The van der Waals surface area contributed by atoms with Gasteiger partial charge in [-0.15, -0.1) is 0 Å². The number of ketones is 1. The van der Waals surface area contributed by atoms with Crippen LogP contribution in [0.15, 0.2) is 48.5 Å². The molecule has 0 aliphatic heterocycles. The molecule has 0 radical (unpaired) electrons. The van der Waals surface area contributed by atoms with E-state index in [1.165, 1.54) is 12.1 Å². The largest absolute Gasteiger partial charge is 0.350 e. The normalized spacial score (nSPS) is 10.4. The summed E-state index contributed by atoms with van der Waals surface area (Å²) in [7, 11) is 0. The maximum atomic E-state index is 11.7. The lowest BCUT2D eigenvalue weighted by atomic mass is 10.1. The van der Waals surface area contributed by atoms with Crippen LogP contribution in [0.1, 0.15) is 10.4 Å². The first-order valence-electron chi connectivity index (χ1n) is 5.92. The monoisotopic (exact) mass is 324 g/mol. The number of carbonyl (C=O) groups is 1. The number of alkyl halides is 2. The van der Waals surface area contributed by atoms with E-state index in [0.29, 0.717) is 5.69 Å². The lowest BCUT2D eigenvalue weighted by Gasteiger charge is -2.08. The summed E-state index contributed by atoms with van der Waals surface area (Å²) in [5, 5.41) is 14.1. The molecule has 0 spiro atoms. The van der Waals surface area contributed by atoms with E-state index in [9.17, 15) is 14.9 Å². The molecule has 0 aromatic heterocycles. The number of Topliss-reactive ketones (excluding diaryl/α,β-unsaturated/α-hetero) is 1. The Hall–Kier alpha value is -2.11. The lowest BCUT2D eigenvalue weighted by Crippen LogP contribution is -2.09. The predicted octanol–water partition coefficient (Wildman–Crippen LogP) is 4.32. The van der Waals surface area contributed by atoms with Gasteiger partial charge in [0.1, 0.15) is 5.69 Å². The van der Waals surface area contributed by atoms with Crippen LogP contribution in [0.3, 0.4) is 0 Å². The molecular formula is C14H10Cl2N2O3. The van der Waals surface area contributed by atoms with Gasteiger partial charge < -0.3 is 5.32 Å². The van der Waals surface area contributed by atoms with Crippen molar-refractivity contribution in [2.24, 2.45) is 0 Å². The van der Waals surface area contributed by atoms with Crippen molar-refractivity contribution < 1.29 is 9.72 Å². The molecule has 0 heterocycles. The van der Waals surface area contributed by atoms with Gasteiger partial charge in [-0.2, -0.15) is 0 Å². The van der Waals surface area contributed by atoms with Crippen LogP contribution in [0.5, 0.6) is 0 Å². The van der Waals surface area contributed by atoms with Crippen LogP contribution in [-0.2, 0) is 0 Å². The van der Waals surface area contributed by atoms with Gasteiger partial charge >= 0.3 is 0 Å². The first kappa shape index (κ1) is 15.3. The number of para-hydroxylation sites is 1. The Morgan fingerprint density at radius 3 is 2.38 bits per heavy atom. The van der Waals surface area contributed by atoms with Gasteiger partial charge in [0, 0.05) is 17.3 Å². The van der Waals surface area contributed by atoms with E-state index in [4.69, 9.17) is 23.2 Å². The third-order valence-corrected chi connectivity index (χ3v) is 3.13. The average Bonchev–Trinajstić information content (AvgIpc) is 2.47. The summed E-state index contributed by atoms with van der Waals surface area (Å²) in [5.74, 6) is -0.576. The molecule has 0 unspecified atom stereocenters. The molecule has 0 fully saturated rings. The zero-order valence-corrected chi connectivity index (χ0v) is 12.1. The van der Waals surface area contributed by atoms with Gasteiger partial charge in [-0.05, 0) is 24.3 Å². The van der Waals surface area contributed by atoms with Crippen molar-refractivity contribution in [2.75, 3.05) is 5.32 Å². The van der Waals surface area contributed by atoms with Crippen molar-refractivity contribution in [3.05, 3.63) is 64.2 Å². The molecule has 21 heavy (non-hydrogen) atoms. The molecular weight excluding hydrogens is 315 g/mol. The fourth-order valence-electron chi connectivity index (χ4n) is 1.74. The van der Waals surface area contributed by atoms with Crippen LogP contribution in [-0.4, -0.2) is 15.5 Å². The van der Waals surface area contributed by atoms with Gasteiger partial charge in [-0.25, -0.2) is 0 Å². The maximum Gasteiger partial charge on any atom is 0.293 e. The number of nitro benzene ring substituents is 1. The molecule has 0 atom stereocenters. The number of benzene rings is 2. The number of nitro groups is 1. The summed E-state index contributed by atoms with van der Waals surface area (Å²) < 4.78 is 0. The first-order valence-corrected chi connectivity index (χ1v) is 6.79. The molecule has 0 aliphatic rings. The second kappa shape index (κ2) is 6.56. The molecule has 0 bridgehead atoms. The number of halogens is 2. The minimum atomic E-state index is -1.25. The fourth-order valence-corrected chi connectivity index (χ4v) is 2.00. The number of carbonyl (C=O) groups excluding carboxylic acids is 1. The Morgan fingerprint density at radius 1 is 1.14 bits per heavy atom. The molecule has 1 N–H and O–H groups in total. The van der Waals surface area contributed by atoms with E-state index in [0.717, 1.165) is 6.07 Å². The predicted molar refractivity (Wildman–Crippen MR) is 82.6 cm³/mol. The zero-order chi connectivity index (χ0) is 15.4. The minimum Gasteiger partial charge on any atom is -0.350 e. The Balaban J connectivity index is 2.38. The molecule has 2 aromatic carbocycles. The Morgan fingerprint density at radius 2 is 1.81 bits per heavy atom. The lowest BCUT2D eigenvalue weighted by molar-refractivity contribution is -0.383. The van der Waals surface area contributed by atoms with Crippen LogP contribution in [0.25, 0.3) is 0 Å². The zero-order valence-electron chi connectivity index (χ0n) is 10.6. The highest BCUT2D eigenvalue weighted by molar-refractivity contribution is 6.55. The van der Waals surface area contributed by atoms with Crippen molar-refractivity contribution in [3.8, 4) is 0 Å². The third kappa shape index (κ3) is 3.71. The van der Waals surface area contributed by atoms with E-state index in [-0.39, 0.29) is 16.9 Å². The van der Waals surface area contributed by atoms with E-state index in [1.54, 1.807) is 24.3 Å². The number of rotatable bonds is 5. The van der Waals surface area contributed by atoms with Crippen LogP contribution in [0, 0.1) is 10.1 Å². The number of anilines is 2. The molecule has 0 aliphatic carbocycles. The fraction of sp³-hybridized carbons (Fsp3) is 0.0714. The Kier molecular flexibility index (Phi) is 4.77. The number of hydrogen-bond acceptors (Lipinski definition) is 4. The van der Waals surface area contributed by atoms with Crippen molar-refractivity contribution in [2.45, 2.75) is 4.84 Å². The third-order valence-electron chi connectivity index (χ3n) is 2.73. The summed E-state index contributed by atoms with van der Waals surface area (Å²) in [6, 6.07) is 13.0. The van der Waals surface area contributed by atoms with Crippen LogP contribution >= 0.6 is 23.2 Å². The second-order valence-corrected chi connectivity index (χ2v) is 5.24. The highest BCUT2D eigenvalue weighted by Crippen LogP contribution is 2.29. The Bertz CT molecular complexity index is 675. The highest BCUT2D eigenvalue weighted by Gasteiger charge is 2.20. The summed E-state index contributed by atoms with van der Waals surface area (Å²) in [6.07, 6.45) is 0. The summed E-state index contributed by atoms with van der Waals surface area (Å²) in [5.41, 5.74) is 0.852. The maximum absolute atomic E-state index is 11.7. The first-order chi connectivity index (χ1) is 9.99. The summed E-state index contributed by atoms with van der Waals surface area (Å²) in [4.78, 5) is 21.0. The number of nitrogens with one attached hydrogen (secondary N) is 1. The van der Waals surface area contributed by atoms with Crippen molar-refractivity contribution in [3.63, 3.8) is 0 Å². The van der Waals surface area contributed by atoms with Gasteiger partial charge in [-0.1, -0.05) is 41.4 Å². The van der Waals surface area contributed by atoms with Crippen LogP contribution in [0.4, 0.5) is 17.1 Å². The summed E-state index contributed by atoms with van der Waals surface area (Å²) >= 11 is 11.0. The minimum absolute atomic E-state index is 0.0929. The van der Waals surface area contributed by atoms with Crippen molar-refractivity contribution >= 4 is 46.0 Å². The van der Waals surface area contributed by atoms with Crippen LogP contribution in [0.2, 0.25) is 0 Å². The molecule has 5 nitrogen and oxygen atoms in total. The number of hydrogen-bond donors (Lipinski definition) is 1. The second-order valence-electron chi connectivity index (χ2n) is 4.15. The van der Waals surface area contributed by atoms with E-state index < -0.39 is 15.5 Å². The SMILES string of the molecule is O=C(c1ccc(Nc2ccccc2)c([N+](=O)[O-])c1)C(Cl)Cl. The molecule has 2 aromatic rings. The topological polar surface area (TPSA) is 72.2 Å². The van der Waals surface area contributed by atoms with Crippen molar-refractivity contribution in [1.82, 2.24) is 0 Å². The highest BCUT2D eigenvalue weighted by atomic mass is 35.5. The Labute approximate surface area is 130 Å². The van der Waals surface area contributed by atoms with Crippen molar-refractivity contribution in [1.29, 1.82) is 0 Å². The number of nitrogens with zero attached hydrogens (tertiary/aromatic N) is 1. The molecule has 7 heteroatoms. The average molecular weight is 325 g/mol. The molecule has 0 saturated carbocycles. The smallest absolute Gasteiger partial charge is 0.293 e. The van der Waals surface area contributed by atoms with Gasteiger partial charge in [0.05, 0.1) is 4.92 Å². The molecule has 0 amide bonds.